The van der Waals surface area contributed by atoms with Gasteiger partial charge in [-0.2, -0.15) is 5.26 Å². The summed E-state index contributed by atoms with van der Waals surface area (Å²) in [6.07, 6.45) is 0.689. The van der Waals surface area contributed by atoms with Gasteiger partial charge in [0.2, 0.25) is 5.91 Å². The number of nitrogens with two attached hydrogens (primary N) is 2. The van der Waals surface area contributed by atoms with Crippen LogP contribution in [0.2, 0.25) is 0 Å². The van der Waals surface area contributed by atoms with Crippen molar-refractivity contribution in [1.29, 1.82) is 5.26 Å². The predicted octanol–water partition coefficient (Wildman–Crippen LogP) is 0.495. The quantitative estimate of drug-likeness (QED) is 0.574. The van der Waals surface area contributed by atoms with Gasteiger partial charge in [-0.15, -0.1) is 0 Å². The molecule has 1 amide bonds. The summed E-state index contributed by atoms with van der Waals surface area (Å²) in [5, 5.41) is 8.90. The van der Waals surface area contributed by atoms with Crippen LogP contribution in [0, 0.1) is 11.3 Å². The van der Waals surface area contributed by atoms with Crippen LogP contribution in [0.15, 0.2) is 11.2 Å². The average Bonchev–Trinajstić information content (AvgIpc) is 2.34. The van der Waals surface area contributed by atoms with Crippen LogP contribution in [0.3, 0.4) is 0 Å². The van der Waals surface area contributed by atoms with Gasteiger partial charge in [-0.1, -0.05) is 11.8 Å². The molecule has 1 rings (SSSR count). The van der Waals surface area contributed by atoms with Crippen LogP contribution >= 0.6 is 11.8 Å². The van der Waals surface area contributed by atoms with Crippen molar-refractivity contribution in [1.82, 2.24) is 14.9 Å². The molecule has 0 spiro atoms. The highest BCUT2D eigenvalue weighted by Gasteiger charge is 2.09. The SMILES string of the molecule is CN(CCC#N)C(=O)CCSc1nc(N)cc(N)n1. The lowest BCUT2D eigenvalue weighted by atomic mass is 10.3. The van der Waals surface area contributed by atoms with Crippen LogP contribution in [0.4, 0.5) is 11.6 Å². The second-order valence-electron chi connectivity index (χ2n) is 3.82. The van der Waals surface area contributed by atoms with Crippen molar-refractivity contribution in [2.24, 2.45) is 0 Å². The zero-order chi connectivity index (χ0) is 14.3. The molecule has 0 bridgehead atoms. The van der Waals surface area contributed by atoms with Gasteiger partial charge in [0.15, 0.2) is 5.16 Å². The van der Waals surface area contributed by atoms with E-state index in [0.29, 0.717) is 41.9 Å². The molecule has 102 valence electrons. The van der Waals surface area contributed by atoms with Crippen LogP contribution < -0.4 is 11.5 Å². The molecule has 1 heterocycles. The summed E-state index contributed by atoms with van der Waals surface area (Å²) in [5.41, 5.74) is 11.1. The number of amides is 1. The molecule has 1 aromatic rings. The van der Waals surface area contributed by atoms with E-state index >= 15 is 0 Å². The van der Waals surface area contributed by atoms with E-state index in [0.717, 1.165) is 0 Å². The third kappa shape index (κ3) is 5.44. The summed E-state index contributed by atoms with van der Waals surface area (Å²) in [6, 6.07) is 3.48. The minimum atomic E-state index is -0.0142. The molecule has 0 aliphatic rings. The van der Waals surface area contributed by atoms with Gasteiger partial charge in [0.25, 0.3) is 0 Å². The molecule has 7 nitrogen and oxygen atoms in total. The number of carbonyl (C=O) groups is 1. The van der Waals surface area contributed by atoms with E-state index < -0.39 is 0 Å². The highest BCUT2D eigenvalue weighted by atomic mass is 32.2. The molecule has 1 aromatic heterocycles. The normalized spacial score (nSPS) is 9.89. The second-order valence-corrected chi connectivity index (χ2v) is 4.88. The largest absolute Gasteiger partial charge is 0.383 e. The number of anilines is 2. The number of nitrogen functional groups attached to an aromatic ring is 2. The smallest absolute Gasteiger partial charge is 0.223 e. The molecule has 19 heavy (non-hydrogen) atoms. The highest BCUT2D eigenvalue weighted by Crippen LogP contribution is 2.17. The standard InChI is InChI=1S/C11H16N6OS/c1-17(5-2-4-12)10(18)3-6-19-11-15-8(13)7-9(14)16-11/h7H,2-3,5-6H2,1H3,(H4,13,14,15,16). The number of thioether (sulfide) groups is 1. The lowest BCUT2D eigenvalue weighted by molar-refractivity contribution is -0.129. The van der Waals surface area contributed by atoms with E-state index in [1.165, 1.54) is 17.8 Å². The Morgan fingerprint density at radius 3 is 2.68 bits per heavy atom. The Bertz CT molecular complexity index is 466. The van der Waals surface area contributed by atoms with Crippen molar-refractivity contribution < 1.29 is 4.79 Å². The van der Waals surface area contributed by atoms with Gasteiger partial charge in [0, 0.05) is 31.8 Å². The third-order valence-corrected chi connectivity index (χ3v) is 3.13. The van der Waals surface area contributed by atoms with Crippen LogP contribution in [0.1, 0.15) is 12.8 Å². The summed E-state index contributed by atoms with van der Waals surface area (Å²) in [7, 11) is 1.68. The molecule has 0 saturated carbocycles. The Morgan fingerprint density at radius 1 is 1.47 bits per heavy atom. The fourth-order valence-electron chi connectivity index (χ4n) is 1.29. The molecule has 0 unspecified atom stereocenters. The first-order valence-electron chi connectivity index (χ1n) is 5.66. The first kappa shape index (κ1) is 15.0. The maximum Gasteiger partial charge on any atom is 0.223 e. The van der Waals surface area contributed by atoms with Crippen molar-refractivity contribution in [2.45, 2.75) is 18.0 Å². The average molecular weight is 280 g/mol. The van der Waals surface area contributed by atoms with Gasteiger partial charge in [-0.25, -0.2) is 9.97 Å². The summed E-state index contributed by atoms with van der Waals surface area (Å²) in [4.78, 5) is 21.2. The van der Waals surface area contributed by atoms with Gasteiger partial charge in [-0.3, -0.25) is 4.79 Å². The Balaban J connectivity index is 2.37. The van der Waals surface area contributed by atoms with Gasteiger partial charge in [-0.05, 0) is 0 Å². The summed E-state index contributed by atoms with van der Waals surface area (Å²) >= 11 is 1.32. The number of aromatic nitrogens is 2. The fraction of sp³-hybridized carbons (Fsp3) is 0.455. The lowest BCUT2D eigenvalue weighted by Crippen LogP contribution is -2.27. The molecule has 0 radical (unpaired) electrons. The van der Waals surface area contributed by atoms with E-state index in [1.807, 2.05) is 6.07 Å². The Kier molecular flexibility index (Phi) is 5.89. The minimum absolute atomic E-state index is 0.0142. The number of nitriles is 1. The van der Waals surface area contributed by atoms with Crippen molar-refractivity contribution >= 4 is 29.3 Å². The fourth-order valence-corrected chi connectivity index (χ4v) is 2.09. The third-order valence-electron chi connectivity index (χ3n) is 2.28. The van der Waals surface area contributed by atoms with Crippen LogP contribution in [-0.2, 0) is 4.79 Å². The molecular formula is C11H16N6OS. The number of hydrogen-bond donors (Lipinski definition) is 2. The lowest BCUT2D eigenvalue weighted by Gasteiger charge is -2.14. The van der Waals surface area contributed by atoms with Gasteiger partial charge in [0.1, 0.15) is 11.6 Å². The molecule has 0 aliphatic carbocycles. The molecule has 0 atom stereocenters. The maximum atomic E-state index is 11.7. The van der Waals surface area contributed by atoms with Crippen molar-refractivity contribution in [3.05, 3.63) is 6.07 Å². The summed E-state index contributed by atoms with van der Waals surface area (Å²) in [6.45, 7) is 0.446. The van der Waals surface area contributed by atoms with Crippen molar-refractivity contribution in [2.75, 3.05) is 30.8 Å². The summed E-state index contributed by atoms with van der Waals surface area (Å²) in [5.74, 6) is 1.15. The van der Waals surface area contributed by atoms with Crippen LogP contribution in [-0.4, -0.2) is 40.1 Å². The monoisotopic (exact) mass is 280 g/mol. The second kappa shape index (κ2) is 7.43. The molecule has 0 fully saturated rings. The molecule has 8 heteroatoms. The van der Waals surface area contributed by atoms with E-state index in [-0.39, 0.29) is 5.91 Å². The minimum Gasteiger partial charge on any atom is -0.383 e. The van der Waals surface area contributed by atoms with Gasteiger partial charge in [0.05, 0.1) is 12.5 Å². The van der Waals surface area contributed by atoms with Crippen molar-refractivity contribution in [3.8, 4) is 6.07 Å². The van der Waals surface area contributed by atoms with E-state index in [1.54, 1.807) is 11.9 Å². The number of hydrogen-bond acceptors (Lipinski definition) is 7. The molecule has 0 saturated heterocycles. The molecule has 0 aliphatic heterocycles. The van der Waals surface area contributed by atoms with Gasteiger partial charge < -0.3 is 16.4 Å². The van der Waals surface area contributed by atoms with Gasteiger partial charge >= 0.3 is 0 Å². The number of carbonyl (C=O) groups excluding carboxylic acids is 1. The zero-order valence-corrected chi connectivity index (χ0v) is 11.5. The molecular weight excluding hydrogens is 264 g/mol. The van der Waals surface area contributed by atoms with Crippen LogP contribution in [0.25, 0.3) is 0 Å². The van der Waals surface area contributed by atoms with Crippen molar-refractivity contribution in [3.63, 3.8) is 0 Å². The summed E-state index contributed by atoms with van der Waals surface area (Å²) < 4.78 is 0. The van der Waals surface area contributed by atoms with E-state index in [9.17, 15) is 4.79 Å². The van der Waals surface area contributed by atoms with E-state index in [4.69, 9.17) is 16.7 Å². The topological polar surface area (TPSA) is 122 Å². The Morgan fingerprint density at radius 2 is 2.11 bits per heavy atom. The maximum absolute atomic E-state index is 11.7. The molecule has 4 N–H and O–H groups in total. The molecule has 0 aromatic carbocycles. The Labute approximate surface area is 116 Å². The first-order valence-corrected chi connectivity index (χ1v) is 6.65. The number of rotatable bonds is 6. The highest BCUT2D eigenvalue weighted by molar-refractivity contribution is 7.99. The number of nitrogens with zero attached hydrogens (tertiary/aromatic N) is 4. The zero-order valence-electron chi connectivity index (χ0n) is 10.7. The first-order chi connectivity index (χ1) is 9.02. The van der Waals surface area contributed by atoms with Crippen LogP contribution in [0.5, 0.6) is 0 Å². The van der Waals surface area contributed by atoms with E-state index in [2.05, 4.69) is 9.97 Å². The predicted molar refractivity (Wildman–Crippen MR) is 74.1 cm³/mol. The Hall–Kier alpha value is -2.01.